The van der Waals surface area contributed by atoms with Gasteiger partial charge in [-0.3, -0.25) is 4.84 Å². The molecule has 0 bridgehead atoms. The van der Waals surface area contributed by atoms with Crippen LogP contribution in [0.5, 0.6) is 0 Å². The Morgan fingerprint density at radius 3 is 2.50 bits per heavy atom. The zero-order valence-corrected chi connectivity index (χ0v) is 10.2. The highest BCUT2D eigenvalue weighted by Gasteiger charge is 2.27. The second-order valence-electron chi connectivity index (χ2n) is 5.22. The Hall–Kier alpha value is -1.28. The van der Waals surface area contributed by atoms with Gasteiger partial charge in [-0.1, -0.05) is 51.1 Å². The summed E-state index contributed by atoms with van der Waals surface area (Å²) < 4.78 is 0. The molecule has 0 amide bonds. The third-order valence-corrected chi connectivity index (χ3v) is 2.72. The standard InChI is InChI=1S/C14H19NO/c1-14(2,3)13-10-7-11-15(16-13)12-8-5-4-6-9-12/h4-10,13H,11H2,1-3H3/t13-/m0/s1. The van der Waals surface area contributed by atoms with E-state index in [4.69, 9.17) is 4.84 Å². The van der Waals surface area contributed by atoms with Gasteiger partial charge >= 0.3 is 0 Å². The maximum atomic E-state index is 5.98. The molecule has 0 aliphatic carbocycles. The Balaban J connectivity index is 2.14. The zero-order valence-electron chi connectivity index (χ0n) is 10.2. The minimum atomic E-state index is 0.129. The zero-order chi connectivity index (χ0) is 11.6. The molecule has 86 valence electrons. The van der Waals surface area contributed by atoms with Crippen LogP contribution < -0.4 is 5.06 Å². The molecule has 0 saturated carbocycles. The third-order valence-electron chi connectivity index (χ3n) is 2.72. The van der Waals surface area contributed by atoms with Crippen molar-refractivity contribution in [1.82, 2.24) is 0 Å². The van der Waals surface area contributed by atoms with Gasteiger partial charge in [0, 0.05) is 0 Å². The van der Waals surface area contributed by atoms with E-state index in [0.29, 0.717) is 0 Å². The van der Waals surface area contributed by atoms with E-state index in [9.17, 15) is 0 Å². The molecule has 2 rings (SSSR count). The van der Waals surface area contributed by atoms with E-state index in [-0.39, 0.29) is 11.5 Å². The molecule has 2 nitrogen and oxygen atoms in total. The van der Waals surface area contributed by atoms with Crippen LogP contribution in [-0.4, -0.2) is 12.6 Å². The quantitative estimate of drug-likeness (QED) is 0.668. The van der Waals surface area contributed by atoms with E-state index in [1.54, 1.807) is 0 Å². The average Bonchev–Trinajstić information content (AvgIpc) is 2.29. The highest BCUT2D eigenvalue weighted by Crippen LogP contribution is 2.28. The first-order valence-electron chi connectivity index (χ1n) is 5.73. The summed E-state index contributed by atoms with van der Waals surface area (Å²) in [5.41, 5.74) is 1.24. The summed E-state index contributed by atoms with van der Waals surface area (Å²) in [6, 6.07) is 10.2. The first-order valence-corrected chi connectivity index (χ1v) is 5.73. The van der Waals surface area contributed by atoms with Gasteiger partial charge in [-0.2, -0.15) is 0 Å². The van der Waals surface area contributed by atoms with Crippen LogP contribution in [0.2, 0.25) is 0 Å². The molecular weight excluding hydrogens is 198 g/mol. The van der Waals surface area contributed by atoms with Gasteiger partial charge in [-0.05, 0) is 17.5 Å². The lowest BCUT2D eigenvalue weighted by molar-refractivity contribution is -0.00541. The maximum Gasteiger partial charge on any atom is 0.109 e. The summed E-state index contributed by atoms with van der Waals surface area (Å²) in [4.78, 5) is 5.98. The molecule has 1 aromatic rings. The van der Waals surface area contributed by atoms with E-state index >= 15 is 0 Å². The van der Waals surface area contributed by atoms with Crippen molar-refractivity contribution in [2.24, 2.45) is 5.41 Å². The molecule has 0 fully saturated rings. The molecule has 0 aromatic heterocycles. The number of rotatable bonds is 1. The minimum absolute atomic E-state index is 0.129. The number of para-hydroxylation sites is 1. The molecule has 0 radical (unpaired) electrons. The predicted octanol–water partition coefficient (Wildman–Crippen LogP) is 3.41. The van der Waals surface area contributed by atoms with E-state index in [0.717, 1.165) is 12.2 Å². The van der Waals surface area contributed by atoms with Crippen LogP contribution in [0.1, 0.15) is 20.8 Å². The lowest BCUT2D eigenvalue weighted by Gasteiger charge is -2.36. The van der Waals surface area contributed by atoms with Crippen molar-refractivity contribution in [3.8, 4) is 0 Å². The monoisotopic (exact) mass is 217 g/mol. The highest BCUT2D eigenvalue weighted by atomic mass is 16.7. The summed E-state index contributed by atoms with van der Waals surface area (Å²) in [6.45, 7) is 7.39. The van der Waals surface area contributed by atoms with Gasteiger partial charge in [-0.25, -0.2) is 5.06 Å². The van der Waals surface area contributed by atoms with E-state index in [1.807, 2.05) is 23.3 Å². The number of hydrogen-bond acceptors (Lipinski definition) is 2. The molecule has 0 saturated heterocycles. The van der Waals surface area contributed by atoms with Gasteiger partial charge in [0.1, 0.15) is 6.10 Å². The van der Waals surface area contributed by atoms with Gasteiger partial charge in [0.05, 0.1) is 12.2 Å². The molecule has 1 aliphatic heterocycles. The van der Waals surface area contributed by atoms with Crippen LogP contribution in [-0.2, 0) is 4.84 Å². The van der Waals surface area contributed by atoms with E-state index in [2.05, 4.69) is 45.1 Å². The van der Waals surface area contributed by atoms with Crippen LogP contribution in [0.3, 0.4) is 0 Å². The summed E-state index contributed by atoms with van der Waals surface area (Å²) in [5, 5.41) is 1.95. The Labute approximate surface area is 97.5 Å². The second kappa shape index (κ2) is 4.30. The van der Waals surface area contributed by atoms with Gasteiger partial charge < -0.3 is 0 Å². The van der Waals surface area contributed by atoms with Crippen molar-refractivity contribution in [2.45, 2.75) is 26.9 Å². The van der Waals surface area contributed by atoms with Crippen molar-refractivity contribution < 1.29 is 4.84 Å². The SMILES string of the molecule is CC(C)(C)[C@@H]1C=CCN(c2ccccc2)O1. The Morgan fingerprint density at radius 2 is 1.88 bits per heavy atom. The fourth-order valence-electron chi connectivity index (χ4n) is 1.70. The van der Waals surface area contributed by atoms with Gasteiger partial charge in [0.15, 0.2) is 0 Å². The van der Waals surface area contributed by atoms with E-state index in [1.165, 1.54) is 0 Å². The first-order chi connectivity index (χ1) is 7.57. The maximum absolute atomic E-state index is 5.98. The predicted molar refractivity (Wildman–Crippen MR) is 67.3 cm³/mol. The molecule has 1 atom stereocenters. The molecule has 1 aliphatic rings. The topological polar surface area (TPSA) is 12.5 Å². The fourth-order valence-corrected chi connectivity index (χ4v) is 1.70. The summed E-state index contributed by atoms with van der Waals surface area (Å²) in [5.74, 6) is 0. The Bertz CT molecular complexity index is 364. The molecule has 0 unspecified atom stereocenters. The second-order valence-corrected chi connectivity index (χ2v) is 5.22. The molecule has 1 heterocycles. The molecule has 0 spiro atoms. The Morgan fingerprint density at radius 1 is 1.19 bits per heavy atom. The normalized spacial score (nSPS) is 21.2. The summed E-state index contributed by atoms with van der Waals surface area (Å²) in [7, 11) is 0. The number of hydrogen-bond donors (Lipinski definition) is 0. The van der Waals surface area contributed by atoms with Crippen molar-refractivity contribution in [1.29, 1.82) is 0 Å². The third kappa shape index (κ3) is 2.45. The molecule has 1 aromatic carbocycles. The number of hydroxylamine groups is 1. The average molecular weight is 217 g/mol. The minimum Gasteiger partial charge on any atom is -0.265 e. The number of nitrogens with zero attached hydrogens (tertiary/aromatic N) is 1. The molecule has 2 heteroatoms. The van der Waals surface area contributed by atoms with Crippen LogP contribution in [0.25, 0.3) is 0 Å². The highest BCUT2D eigenvalue weighted by molar-refractivity contribution is 5.44. The lowest BCUT2D eigenvalue weighted by Crippen LogP contribution is -2.39. The smallest absolute Gasteiger partial charge is 0.109 e. The molecular formula is C14H19NO. The van der Waals surface area contributed by atoms with Crippen LogP contribution in [0.15, 0.2) is 42.5 Å². The van der Waals surface area contributed by atoms with Crippen molar-refractivity contribution >= 4 is 5.69 Å². The summed E-state index contributed by atoms with van der Waals surface area (Å²) in [6.07, 6.45) is 4.47. The van der Waals surface area contributed by atoms with Crippen molar-refractivity contribution in [2.75, 3.05) is 11.6 Å². The first kappa shape index (κ1) is 11.2. The lowest BCUT2D eigenvalue weighted by atomic mass is 9.88. The molecule has 0 N–H and O–H groups in total. The molecule has 16 heavy (non-hydrogen) atoms. The van der Waals surface area contributed by atoms with Crippen molar-refractivity contribution in [3.05, 3.63) is 42.5 Å². The number of benzene rings is 1. The van der Waals surface area contributed by atoms with E-state index < -0.39 is 0 Å². The van der Waals surface area contributed by atoms with Crippen LogP contribution in [0.4, 0.5) is 5.69 Å². The number of anilines is 1. The van der Waals surface area contributed by atoms with Crippen LogP contribution >= 0.6 is 0 Å². The Kier molecular flexibility index (Phi) is 3.01. The van der Waals surface area contributed by atoms with Crippen molar-refractivity contribution in [3.63, 3.8) is 0 Å². The van der Waals surface area contributed by atoms with Gasteiger partial charge in [0.25, 0.3) is 0 Å². The van der Waals surface area contributed by atoms with Gasteiger partial charge in [-0.15, -0.1) is 0 Å². The fraction of sp³-hybridized carbons (Fsp3) is 0.429. The van der Waals surface area contributed by atoms with Crippen LogP contribution in [0, 0.1) is 5.41 Å². The largest absolute Gasteiger partial charge is 0.265 e. The van der Waals surface area contributed by atoms with Gasteiger partial charge in [0.2, 0.25) is 0 Å². The summed E-state index contributed by atoms with van der Waals surface area (Å²) >= 11 is 0.